The van der Waals surface area contributed by atoms with Crippen molar-refractivity contribution in [2.75, 3.05) is 4.90 Å². The lowest BCUT2D eigenvalue weighted by molar-refractivity contribution is 0.660. The Kier molecular flexibility index (Phi) is 3.79. The van der Waals surface area contributed by atoms with Crippen LogP contribution in [0.25, 0.3) is 11.1 Å². The van der Waals surface area contributed by atoms with Crippen LogP contribution in [0.5, 0.6) is 0 Å². The van der Waals surface area contributed by atoms with Gasteiger partial charge in [0.05, 0.1) is 5.69 Å². The summed E-state index contributed by atoms with van der Waals surface area (Å²) in [4.78, 5) is 2.43. The molecule has 0 atom stereocenters. The molecule has 0 aromatic heterocycles. The van der Waals surface area contributed by atoms with Crippen molar-refractivity contribution in [3.05, 3.63) is 112 Å². The Hall–Kier alpha value is -2.84. The summed E-state index contributed by atoms with van der Waals surface area (Å²) in [6.45, 7) is 4.70. The van der Waals surface area contributed by atoms with E-state index in [0.29, 0.717) is 0 Å². The zero-order chi connectivity index (χ0) is 20.5. The number of rotatable bonds is 1. The largest absolute Gasteiger partial charge is 0.310 e. The monoisotopic (exact) mass is 451 g/mol. The number of anilines is 3. The molecule has 1 heterocycles. The van der Waals surface area contributed by atoms with Crippen molar-refractivity contribution in [3.63, 3.8) is 0 Å². The fraction of sp³-hybridized carbons (Fsp3) is 0.143. The molecule has 0 saturated heterocycles. The number of hydrogen-bond donors (Lipinski definition) is 0. The van der Waals surface area contributed by atoms with Gasteiger partial charge in [0.15, 0.2) is 0 Å². The fourth-order valence-corrected chi connectivity index (χ4v) is 5.64. The van der Waals surface area contributed by atoms with Crippen molar-refractivity contribution in [1.82, 2.24) is 0 Å². The Morgan fingerprint density at radius 2 is 1.43 bits per heavy atom. The van der Waals surface area contributed by atoms with Crippen LogP contribution in [0.2, 0.25) is 0 Å². The summed E-state index contributed by atoms with van der Waals surface area (Å²) in [5, 5.41) is 0. The molecule has 1 aliphatic heterocycles. The van der Waals surface area contributed by atoms with E-state index in [9.17, 15) is 0 Å². The van der Waals surface area contributed by atoms with Gasteiger partial charge in [-0.3, -0.25) is 0 Å². The molecule has 0 amide bonds. The molecule has 4 aromatic carbocycles. The van der Waals surface area contributed by atoms with E-state index in [1.165, 1.54) is 50.4 Å². The summed E-state index contributed by atoms with van der Waals surface area (Å²) in [5.74, 6) is 0. The Balaban J connectivity index is 1.64. The highest BCUT2D eigenvalue weighted by Gasteiger charge is 2.37. The Morgan fingerprint density at radius 3 is 2.27 bits per heavy atom. The van der Waals surface area contributed by atoms with Gasteiger partial charge in [0.25, 0.3) is 0 Å². The van der Waals surface area contributed by atoms with Crippen LogP contribution < -0.4 is 4.90 Å². The molecule has 146 valence electrons. The van der Waals surface area contributed by atoms with Gasteiger partial charge in [-0.05, 0) is 75.8 Å². The summed E-state index contributed by atoms with van der Waals surface area (Å²) < 4.78 is 1.13. The number of nitrogens with zero attached hydrogens (tertiary/aromatic N) is 1. The number of para-hydroxylation sites is 1. The molecule has 0 bridgehead atoms. The van der Waals surface area contributed by atoms with E-state index in [-0.39, 0.29) is 5.41 Å². The molecular weight excluding hydrogens is 430 g/mol. The van der Waals surface area contributed by atoms with Gasteiger partial charge in [-0.2, -0.15) is 0 Å². The van der Waals surface area contributed by atoms with E-state index in [1.54, 1.807) is 0 Å². The van der Waals surface area contributed by atoms with Crippen molar-refractivity contribution < 1.29 is 0 Å². The smallest absolute Gasteiger partial charge is 0.0500 e. The maximum atomic E-state index is 3.67. The minimum atomic E-state index is 0.00328. The quantitative estimate of drug-likeness (QED) is 0.248. The molecule has 1 nitrogen and oxygen atoms in total. The molecule has 0 radical (unpaired) electrons. The molecule has 6 rings (SSSR count). The lowest BCUT2D eigenvalue weighted by atomic mass is 9.81. The van der Waals surface area contributed by atoms with Crippen molar-refractivity contribution in [3.8, 4) is 11.1 Å². The van der Waals surface area contributed by atoms with Crippen LogP contribution in [0.15, 0.2) is 89.4 Å². The standard InChI is InChI=1S/C28H22BrN/c1-28(2)24-11-7-6-10-22(24)23-16-19-14-18-15-20(29)12-13-26(18)30(27(19)17-25(23)28)21-8-4-3-5-9-21/h3-13,15-17H,14H2,1-2H3. The Labute approximate surface area is 186 Å². The van der Waals surface area contributed by atoms with E-state index < -0.39 is 0 Å². The Morgan fingerprint density at radius 1 is 0.700 bits per heavy atom. The average Bonchev–Trinajstić information content (AvgIpc) is 2.98. The third-order valence-corrected chi connectivity index (χ3v) is 7.19. The van der Waals surface area contributed by atoms with Crippen LogP contribution in [-0.4, -0.2) is 0 Å². The van der Waals surface area contributed by atoms with Crippen molar-refractivity contribution in [1.29, 1.82) is 0 Å². The predicted molar refractivity (Wildman–Crippen MR) is 129 cm³/mol. The first-order valence-corrected chi connectivity index (χ1v) is 11.2. The van der Waals surface area contributed by atoms with Crippen LogP contribution in [-0.2, 0) is 11.8 Å². The number of benzene rings is 4. The second-order valence-corrected chi connectivity index (χ2v) is 9.73. The lowest BCUT2D eigenvalue weighted by Gasteiger charge is -2.35. The lowest BCUT2D eigenvalue weighted by Crippen LogP contribution is -2.21. The van der Waals surface area contributed by atoms with E-state index in [2.05, 4.69) is 120 Å². The second kappa shape index (κ2) is 6.33. The summed E-state index contributed by atoms with van der Waals surface area (Å²) in [7, 11) is 0. The van der Waals surface area contributed by atoms with Gasteiger partial charge in [-0.15, -0.1) is 0 Å². The topological polar surface area (TPSA) is 3.24 Å². The maximum absolute atomic E-state index is 3.67. The molecule has 0 fully saturated rings. The third kappa shape index (κ3) is 2.47. The number of hydrogen-bond acceptors (Lipinski definition) is 1. The van der Waals surface area contributed by atoms with Crippen LogP contribution in [0.3, 0.4) is 0 Å². The first-order valence-electron chi connectivity index (χ1n) is 10.4. The molecule has 0 spiro atoms. The summed E-state index contributed by atoms with van der Waals surface area (Å²) in [6, 6.07) is 31.1. The minimum Gasteiger partial charge on any atom is -0.310 e. The van der Waals surface area contributed by atoms with E-state index in [1.807, 2.05) is 0 Å². The summed E-state index contributed by atoms with van der Waals surface area (Å²) >= 11 is 3.67. The number of fused-ring (bicyclic) bond motifs is 5. The Bertz CT molecular complexity index is 1300. The molecule has 2 heteroatoms. The fourth-order valence-electron chi connectivity index (χ4n) is 5.23. The molecule has 1 aliphatic carbocycles. The van der Waals surface area contributed by atoms with E-state index in [4.69, 9.17) is 0 Å². The SMILES string of the molecule is CC1(C)c2ccccc2-c2cc3c(cc21)N(c1ccccc1)c1ccc(Br)cc1C3. The summed E-state index contributed by atoms with van der Waals surface area (Å²) in [6.07, 6.45) is 0.948. The van der Waals surface area contributed by atoms with Gasteiger partial charge in [-0.25, -0.2) is 0 Å². The molecule has 0 unspecified atom stereocenters. The van der Waals surface area contributed by atoms with Crippen molar-refractivity contribution in [2.45, 2.75) is 25.7 Å². The van der Waals surface area contributed by atoms with Crippen molar-refractivity contribution >= 4 is 33.0 Å². The normalized spacial score (nSPS) is 15.2. The van der Waals surface area contributed by atoms with Gasteiger partial charge in [0.2, 0.25) is 0 Å². The molecular formula is C28H22BrN. The molecule has 2 aliphatic rings. The highest BCUT2D eigenvalue weighted by molar-refractivity contribution is 9.10. The van der Waals surface area contributed by atoms with E-state index >= 15 is 0 Å². The zero-order valence-corrected chi connectivity index (χ0v) is 18.7. The average molecular weight is 452 g/mol. The van der Waals surface area contributed by atoms with Crippen molar-refractivity contribution in [2.24, 2.45) is 0 Å². The molecule has 4 aromatic rings. The third-order valence-electron chi connectivity index (χ3n) is 6.70. The first kappa shape index (κ1) is 18.0. The van der Waals surface area contributed by atoms with Gasteiger partial charge in [-0.1, -0.05) is 72.2 Å². The zero-order valence-electron chi connectivity index (χ0n) is 17.1. The van der Waals surface area contributed by atoms with Gasteiger partial charge < -0.3 is 4.90 Å². The predicted octanol–water partition coefficient (Wildman–Crippen LogP) is 8.13. The highest BCUT2D eigenvalue weighted by Crippen LogP contribution is 2.53. The van der Waals surface area contributed by atoms with Crippen LogP contribution >= 0.6 is 15.9 Å². The van der Waals surface area contributed by atoms with Crippen LogP contribution in [0.1, 0.15) is 36.1 Å². The van der Waals surface area contributed by atoms with Gasteiger partial charge in [0.1, 0.15) is 0 Å². The second-order valence-electron chi connectivity index (χ2n) is 8.82. The summed E-state index contributed by atoms with van der Waals surface area (Å²) in [5.41, 5.74) is 12.1. The van der Waals surface area contributed by atoms with Crippen LogP contribution in [0, 0.1) is 0 Å². The highest BCUT2D eigenvalue weighted by atomic mass is 79.9. The van der Waals surface area contributed by atoms with Crippen LogP contribution in [0.4, 0.5) is 17.1 Å². The first-order chi connectivity index (χ1) is 14.5. The minimum absolute atomic E-state index is 0.00328. The van der Waals surface area contributed by atoms with Gasteiger partial charge in [0, 0.05) is 27.7 Å². The molecule has 0 N–H and O–H groups in total. The molecule has 30 heavy (non-hydrogen) atoms. The molecule has 0 saturated carbocycles. The number of halogens is 1. The van der Waals surface area contributed by atoms with Gasteiger partial charge >= 0.3 is 0 Å². The van der Waals surface area contributed by atoms with E-state index in [0.717, 1.165) is 10.9 Å². The maximum Gasteiger partial charge on any atom is 0.0500 e.